The fraction of sp³-hybridized carbons (Fsp3) is 0.579. The van der Waals surface area contributed by atoms with Gasteiger partial charge < -0.3 is 24.1 Å². The Morgan fingerprint density at radius 3 is 2.41 bits per heavy atom. The lowest BCUT2D eigenvalue weighted by Crippen LogP contribution is -2.54. The van der Waals surface area contributed by atoms with Crippen LogP contribution < -0.4 is 0 Å². The maximum absolute atomic E-state index is 12.7. The van der Waals surface area contributed by atoms with Crippen LogP contribution >= 0.6 is 11.3 Å². The topological polar surface area (TPSA) is 91.3 Å². The zero-order valence-electron chi connectivity index (χ0n) is 15.8. The SMILES string of the molecule is C#CCC(O)OC(C)COC(Cc1ccsc1)(C(=O)OCC)C(=O)OCC. The normalized spacial score (nSPS) is 13.4. The minimum absolute atomic E-state index is 0.0140. The number of aliphatic hydroxyl groups is 1. The Morgan fingerprint density at radius 1 is 1.30 bits per heavy atom. The van der Waals surface area contributed by atoms with E-state index < -0.39 is 29.9 Å². The van der Waals surface area contributed by atoms with E-state index in [4.69, 9.17) is 25.4 Å². The van der Waals surface area contributed by atoms with Crippen molar-refractivity contribution >= 4 is 23.3 Å². The van der Waals surface area contributed by atoms with Gasteiger partial charge in [0.15, 0.2) is 6.29 Å². The summed E-state index contributed by atoms with van der Waals surface area (Å²) in [5, 5.41) is 13.3. The van der Waals surface area contributed by atoms with Crippen LogP contribution in [0, 0.1) is 12.3 Å². The summed E-state index contributed by atoms with van der Waals surface area (Å²) >= 11 is 1.43. The highest BCUT2D eigenvalue weighted by Gasteiger charge is 2.51. The monoisotopic (exact) mass is 398 g/mol. The van der Waals surface area contributed by atoms with Crippen LogP contribution in [0.4, 0.5) is 0 Å². The van der Waals surface area contributed by atoms with E-state index in [1.54, 1.807) is 26.8 Å². The van der Waals surface area contributed by atoms with Crippen molar-refractivity contribution in [3.8, 4) is 12.3 Å². The van der Waals surface area contributed by atoms with Crippen molar-refractivity contribution in [2.45, 2.75) is 51.6 Å². The molecule has 0 amide bonds. The Kier molecular flexibility index (Phi) is 10.0. The molecule has 0 aliphatic heterocycles. The van der Waals surface area contributed by atoms with Gasteiger partial charge in [0.1, 0.15) is 0 Å². The molecule has 2 unspecified atom stereocenters. The summed E-state index contributed by atoms with van der Waals surface area (Å²) in [7, 11) is 0. The number of thiophene rings is 1. The molecule has 1 aromatic rings. The third-order valence-corrected chi connectivity index (χ3v) is 4.22. The summed E-state index contributed by atoms with van der Waals surface area (Å²) in [6, 6.07) is 1.79. The molecular weight excluding hydrogens is 372 g/mol. The first-order chi connectivity index (χ1) is 12.9. The molecule has 0 fully saturated rings. The van der Waals surface area contributed by atoms with Gasteiger partial charge in [-0.05, 0) is 43.2 Å². The Balaban J connectivity index is 3.03. The molecule has 27 heavy (non-hydrogen) atoms. The standard InChI is InChI=1S/C19H26O7S/c1-5-8-16(20)26-14(4)12-25-19(17(21)23-6-2,18(22)24-7-3)11-15-9-10-27-13-15/h1,9-10,13-14,16,20H,6-8,11-12H2,2-4H3. The van der Waals surface area contributed by atoms with Crippen molar-refractivity contribution in [2.24, 2.45) is 0 Å². The van der Waals surface area contributed by atoms with Gasteiger partial charge in [0, 0.05) is 6.42 Å². The van der Waals surface area contributed by atoms with E-state index in [0.717, 1.165) is 5.56 Å². The molecular formula is C19H26O7S. The highest BCUT2D eigenvalue weighted by molar-refractivity contribution is 7.07. The number of hydrogen-bond donors (Lipinski definition) is 1. The van der Waals surface area contributed by atoms with Gasteiger partial charge in [-0.1, -0.05) is 0 Å². The lowest BCUT2D eigenvalue weighted by molar-refractivity contribution is -0.201. The fourth-order valence-electron chi connectivity index (χ4n) is 2.29. The van der Waals surface area contributed by atoms with Gasteiger partial charge in [-0.15, -0.1) is 12.3 Å². The quantitative estimate of drug-likeness (QED) is 0.249. The number of rotatable bonds is 12. The number of carbonyl (C=O) groups is 2. The molecule has 0 spiro atoms. The number of ether oxygens (including phenoxy) is 4. The van der Waals surface area contributed by atoms with E-state index in [2.05, 4.69) is 5.92 Å². The molecule has 8 heteroatoms. The average Bonchev–Trinajstić information content (AvgIpc) is 3.12. The van der Waals surface area contributed by atoms with E-state index in [1.807, 2.05) is 10.8 Å². The van der Waals surface area contributed by atoms with Crippen molar-refractivity contribution in [1.29, 1.82) is 0 Å². The summed E-state index contributed by atoms with van der Waals surface area (Å²) in [6.45, 7) is 4.93. The molecule has 0 radical (unpaired) electrons. The van der Waals surface area contributed by atoms with Crippen LogP contribution in [0.2, 0.25) is 0 Å². The van der Waals surface area contributed by atoms with E-state index in [9.17, 15) is 14.7 Å². The smallest absolute Gasteiger partial charge is 0.350 e. The number of esters is 2. The van der Waals surface area contributed by atoms with E-state index in [0.29, 0.717) is 0 Å². The summed E-state index contributed by atoms with van der Waals surface area (Å²) < 4.78 is 21.2. The van der Waals surface area contributed by atoms with Gasteiger partial charge in [-0.3, -0.25) is 0 Å². The van der Waals surface area contributed by atoms with E-state index in [-0.39, 0.29) is 32.7 Å². The number of terminal acetylenes is 1. The molecule has 0 aliphatic carbocycles. The third-order valence-electron chi connectivity index (χ3n) is 3.49. The molecule has 7 nitrogen and oxygen atoms in total. The molecule has 150 valence electrons. The Labute approximate surface area is 163 Å². The Hall–Kier alpha value is -1.92. The van der Waals surface area contributed by atoms with Crippen molar-refractivity contribution < 1.29 is 33.6 Å². The van der Waals surface area contributed by atoms with E-state index >= 15 is 0 Å². The van der Waals surface area contributed by atoms with Crippen LogP contribution in [-0.2, 0) is 35.0 Å². The van der Waals surface area contributed by atoms with Gasteiger partial charge in [-0.2, -0.15) is 11.3 Å². The number of aliphatic hydroxyl groups excluding tert-OH is 1. The zero-order valence-corrected chi connectivity index (χ0v) is 16.6. The largest absolute Gasteiger partial charge is 0.463 e. The maximum atomic E-state index is 12.7. The second-order valence-electron chi connectivity index (χ2n) is 5.70. The molecule has 1 N–H and O–H groups in total. The van der Waals surface area contributed by atoms with Crippen LogP contribution in [0.25, 0.3) is 0 Å². The van der Waals surface area contributed by atoms with Gasteiger partial charge in [0.2, 0.25) is 0 Å². The van der Waals surface area contributed by atoms with Crippen LogP contribution in [0.15, 0.2) is 16.8 Å². The van der Waals surface area contributed by atoms with Crippen molar-refractivity contribution in [3.05, 3.63) is 22.4 Å². The second-order valence-corrected chi connectivity index (χ2v) is 6.48. The lowest BCUT2D eigenvalue weighted by Gasteiger charge is -2.30. The number of hydrogen-bond acceptors (Lipinski definition) is 8. The molecule has 0 aromatic carbocycles. The van der Waals surface area contributed by atoms with Crippen LogP contribution in [0.1, 0.15) is 32.8 Å². The van der Waals surface area contributed by atoms with Gasteiger partial charge in [0.25, 0.3) is 5.60 Å². The summed E-state index contributed by atoms with van der Waals surface area (Å²) in [5.41, 5.74) is -1.22. The molecule has 1 rings (SSSR count). The predicted molar refractivity (Wildman–Crippen MR) is 100.0 cm³/mol. The fourth-order valence-corrected chi connectivity index (χ4v) is 2.96. The van der Waals surface area contributed by atoms with Gasteiger partial charge >= 0.3 is 11.9 Å². The first-order valence-electron chi connectivity index (χ1n) is 8.66. The molecule has 0 saturated carbocycles. The minimum Gasteiger partial charge on any atom is -0.463 e. The van der Waals surface area contributed by atoms with Gasteiger partial charge in [-0.25, -0.2) is 9.59 Å². The molecule has 0 aliphatic rings. The maximum Gasteiger partial charge on any atom is 0.350 e. The van der Waals surface area contributed by atoms with Crippen LogP contribution in [-0.4, -0.2) is 54.9 Å². The highest BCUT2D eigenvalue weighted by Crippen LogP contribution is 2.25. The van der Waals surface area contributed by atoms with Crippen LogP contribution in [0.5, 0.6) is 0 Å². The molecule has 1 aromatic heterocycles. The molecule has 1 heterocycles. The van der Waals surface area contributed by atoms with E-state index in [1.165, 1.54) is 11.3 Å². The lowest BCUT2D eigenvalue weighted by atomic mass is 9.95. The van der Waals surface area contributed by atoms with Crippen LogP contribution in [0.3, 0.4) is 0 Å². The zero-order chi connectivity index (χ0) is 20.3. The predicted octanol–water partition coefficient (Wildman–Crippen LogP) is 1.92. The van der Waals surface area contributed by atoms with Crippen molar-refractivity contribution in [1.82, 2.24) is 0 Å². The van der Waals surface area contributed by atoms with Crippen molar-refractivity contribution in [3.63, 3.8) is 0 Å². The molecule has 0 saturated heterocycles. The molecule has 0 bridgehead atoms. The Bertz CT molecular complexity index is 603. The summed E-state index contributed by atoms with van der Waals surface area (Å²) in [4.78, 5) is 25.4. The summed E-state index contributed by atoms with van der Waals surface area (Å²) in [5.74, 6) is 0.626. The minimum atomic E-state index is -1.96. The Morgan fingerprint density at radius 2 is 1.93 bits per heavy atom. The first kappa shape index (κ1) is 23.1. The molecule has 2 atom stereocenters. The third kappa shape index (κ3) is 6.96. The summed E-state index contributed by atoms with van der Waals surface area (Å²) in [6.07, 6.45) is 3.32. The first-order valence-corrected chi connectivity index (χ1v) is 9.60. The average molecular weight is 398 g/mol. The number of carbonyl (C=O) groups excluding carboxylic acids is 2. The second kappa shape index (κ2) is 11.7. The highest BCUT2D eigenvalue weighted by atomic mass is 32.1. The van der Waals surface area contributed by atoms with Gasteiger partial charge in [0.05, 0.1) is 32.3 Å². The van der Waals surface area contributed by atoms with Crippen molar-refractivity contribution in [2.75, 3.05) is 19.8 Å².